The number of aromatic nitrogens is 3. The number of piperidine rings is 1. The molecule has 51 heavy (non-hydrogen) atoms. The lowest BCUT2D eigenvalue weighted by atomic mass is 9.75. The van der Waals surface area contributed by atoms with Gasteiger partial charge in [0.2, 0.25) is 0 Å². The Bertz CT molecular complexity index is 1960. The van der Waals surface area contributed by atoms with Crippen molar-refractivity contribution in [2.75, 3.05) is 64.1 Å². The van der Waals surface area contributed by atoms with Gasteiger partial charge >= 0.3 is 6.01 Å². The summed E-state index contributed by atoms with van der Waals surface area (Å²) >= 11 is 0. The molecule has 8 rings (SSSR count). The molecule has 0 unspecified atom stereocenters. The molecule has 4 aromatic rings. The monoisotopic (exact) mass is 697 g/mol. The first-order chi connectivity index (χ1) is 24.9. The highest BCUT2D eigenvalue weighted by Crippen LogP contribution is 2.48. The fourth-order valence-corrected chi connectivity index (χ4v) is 9.10. The van der Waals surface area contributed by atoms with Crippen LogP contribution in [0.1, 0.15) is 63.4 Å². The minimum Gasteiger partial charge on any atom is -0.508 e. The van der Waals surface area contributed by atoms with Crippen LogP contribution in [0.15, 0.2) is 30.5 Å². The molecular weight excluding hydrogens is 652 g/mol. The third-order valence-corrected chi connectivity index (χ3v) is 11.7. The van der Waals surface area contributed by atoms with E-state index in [0.717, 1.165) is 83.6 Å². The summed E-state index contributed by atoms with van der Waals surface area (Å²) in [6.07, 6.45) is 17.1. The first kappa shape index (κ1) is 34.0. The molecule has 1 saturated carbocycles. The van der Waals surface area contributed by atoms with Crippen LogP contribution in [0.4, 0.5) is 14.6 Å². The molecule has 3 saturated heterocycles. The number of aromatic hydroxyl groups is 1. The Labute approximate surface area is 297 Å². The summed E-state index contributed by atoms with van der Waals surface area (Å²) in [4.78, 5) is 18.9. The Morgan fingerprint density at radius 3 is 2.69 bits per heavy atom. The number of anilines is 1. The van der Waals surface area contributed by atoms with Crippen LogP contribution in [0.3, 0.4) is 0 Å². The maximum atomic E-state index is 17.0. The third kappa shape index (κ3) is 6.58. The van der Waals surface area contributed by atoms with Gasteiger partial charge in [-0.05, 0) is 94.0 Å². The first-order valence-electron chi connectivity index (χ1n) is 18.5. The number of hydrogen-bond acceptors (Lipinski definition) is 9. The van der Waals surface area contributed by atoms with Gasteiger partial charge in [-0.1, -0.05) is 18.4 Å². The number of terminal acetylenes is 1. The molecule has 0 amide bonds. The predicted octanol–water partition coefficient (Wildman–Crippen LogP) is 6.87. The zero-order valence-corrected chi connectivity index (χ0v) is 29.0. The van der Waals surface area contributed by atoms with E-state index in [2.05, 4.69) is 20.7 Å². The van der Waals surface area contributed by atoms with Gasteiger partial charge in [-0.3, -0.25) is 9.88 Å². The molecule has 1 N–H and O–H groups in total. The minimum atomic E-state index is -0.722. The zero-order chi connectivity index (χ0) is 35.0. The molecule has 0 spiro atoms. The fraction of sp³-hybridized carbons (Fsp3) is 0.525. The maximum absolute atomic E-state index is 17.0. The van der Waals surface area contributed by atoms with Crippen LogP contribution in [0.5, 0.6) is 11.8 Å². The van der Waals surface area contributed by atoms with Gasteiger partial charge in [-0.2, -0.15) is 9.97 Å². The topological polar surface area (TPSA) is 93.1 Å². The molecule has 5 heterocycles. The molecule has 11 heteroatoms. The average Bonchev–Trinajstić information content (AvgIpc) is 3.40. The number of hydrogen-bond donors (Lipinski definition) is 1. The SMILES string of the molecule is C#Cc1c(F)ccc2cc(O)cc(-c3ncc4c(N5CCCOCC5)nc(OC[C@]56CCC[C@H]5N(CCC5CCOCC5)CCC6)nc4c3F)c12. The predicted molar refractivity (Wildman–Crippen MR) is 192 cm³/mol. The van der Waals surface area contributed by atoms with Gasteiger partial charge in [0.05, 0.1) is 24.2 Å². The lowest BCUT2D eigenvalue weighted by Gasteiger charge is -2.46. The second kappa shape index (κ2) is 14.5. The van der Waals surface area contributed by atoms with Crippen LogP contribution in [-0.2, 0) is 9.47 Å². The molecule has 4 aliphatic rings. The molecule has 2 atom stereocenters. The summed E-state index contributed by atoms with van der Waals surface area (Å²) in [6.45, 7) is 6.80. The van der Waals surface area contributed by atoms with Gasteiger partial charge in [-0.25, -0.2) is 8.78 Å². The van der Waals surface area contributed by atoms with Crippen molar-refractivity contribution in [2.24, 2.45) is 11.3 Å². The Morgan fingerprint density at radius 2 is 1.82 bits per heavy atom. The van der Waals surface area contributed by atoms with E-state index >= 15 is 4.39 Å². The van der Waals surface area contributed by atoms with Crippen molar-refractivity contribution in [3.63, 3.8) is 0 Å². The second-order valence-electron chi connectivity index (χ2n) is 14.7. The maximum Gasteiger partial charge on any atom is 0.319 e. The average molecular weight is 698 g/mol. The van der Waals surface area contributed by atoms with E-state index in [1.165, 1.54) is 30.7 Å². The Balaban J connectivity index is 1.16. The van der Waals surface area contributed by atoms with Crippen LogP contribution >= 0.6 is 0 Å². The summed E-state index contributed by atoms with van der Waals surface area (Å²) in [6, 6.07) is 6.14. The number of rotatable bonds is 8. The zero-order valence-electron chi connectivity index (χ0n) is 29.0. The number of fused-ring (bicyclic) bond motifs is 3. The number of halogens is 2. The van der Waals surface area contributed by atoms with Crippen LogP contribution in [0, 0.1) is 35.3 Å². The lowest BCUT2D eigenvalue weighted by molar-refractivity contribution is -0.00679. The minimum absolute atomic E-state index is 0.0129. The van der Waals surface area contributed by atoms with Crippen molar-refractivity contribution in [1.82, 2.24) is 19.9 Å². The number of benzene rings is 2. The Hall–Kier alpha value is -4.11. The smallest absolute Gasteiger partial charge is 0.319 e. The quantitative estimate of drug-likeness (QED) is 0.198. The largest absolute Gasteiger partial charge is 0.508 e. The van der Waals surface area contributed by atoms with Gasteiger partial charge in [0.25, 0.3) is 0 Å². The van der Waals surface area contributed by atoms with E-state index in [-0.39, 0.29) is 39.5 Å². The van der Waals surface area contributed by atoms with E-state index in [0.29, 0.717) is 60.9 Å². The normalized spacial score (nSPS) is 23.3. The number of phenols is 1. The fourth-order valence-electron chi connectivity index (χ4n) is 9.10. The van der Waals surface area contributed by atoms with Crippen LogP contribution in [0.2, 0.25) is 0 Å². The van der Waals surface area contributed by atoms with Crippen LogP contribution in [-0.4, -0.2) is 90.2 Å². The van der Waals surface area contributed by atoms with E-state index < -0.39 is 11.6 Å². The number of pyridine rings is 1. The van der Waals surface area contributed by atoms with Crippen molar-refractivity contribution in [1.29, 1.82) is 0 Å². The summed E-state index contributed by atoms with van der Waals surface area (Å²) in [5, 5.41) is 11.8. The number of likely N-dealkylation sites (tertiary alicyclic amines) is 1. The van der Waals surface area contributed by atoms with E-state index in [1.54, 1.807) is 6.20 Å². The van der Waals surface area contributed by atoms with Gasteiger partial charge in [0.1, 0.15) is 28.6 Å². The summed E-state index contributed by atoms with van der Waals surface area (Å²) < 4.78 is 49.8. The summed E-state index contributed by atoms with van der Waals surface area (Å²) in [7, 11) is 0. The number of ether oxygens (including phenoxy) is 3. The van der Waals surface area contributed by atoms with Gasteiger partial charge in [0, 0.05) is 61.5 Å². The van der Waals surface area contributed by atoms with Crippen molar-refractivity contribution in [2.45, 2.75) is 63.8 Å². The van der Waals surface area contributed by atoms with E-state index in [1.807, 2.05) is 0 Å². The van der Waals surface area contributed by atoms with Crippen molar-refractivity contribution in [3.8, 4) is 35.4 Å². The van der Waals surface area contributed by atoms with Crippen molar-refractivity contribution < 1.29 is 28.1 Å². The van der Waals surface area contributed by atoms with Gasteiger partial charge in [0.15, 0.2) is 5.82 Å². The highest BCUT2D eigenvalue weighted by atomic mass is 19.1. The molecular formula is C40H45F2N5O4. The Morgan fingerprint density at radius 1 is 0.980 bits per heavy atom. The van der Waals surface area contributed by atoms with E-state index in [4.69, 9.17) is 30.6 Å². The highest BCUT2D eigenvalue weighted by molar-refractivity contribution is 6.03. The molecule has 0 bridgehead atoms. The molecule has 3 aliphatic heterocycles. The second-order valence-corrected chi connectivity index (χ2v) is 14.7. The molecule has 4 fully saturated rings. The molecule has 268 valence electrons. The summed E-state index contributed by atoms with van der Waals surface area (Å²) in [5.74, 6) is 2.21. The van der Waals surface area contributed by atoms with Gasteiger partial charge in [-0.15, -0.1) is 6.42 Å². The molecule has 1 aliphatic carbocycles. The third-order valence-electron chi connectivity index (χ3n) is 11.7. The molecule has 2 aromatic carbocycles. The first-order valence-corrected chi connectivity index (χ1v) is 18.5. The molecule has 0 radical (unpaired) electrons. The van der Waals surface area contributed by atoms with Crippen molar-refractivity contribution >= 4 is 27.5 Å². The van der Waals surface area contributed by atoms with Crippen LogP contribution < -0.4 is 9.64 Å². The van der Waals surface area contributed by atoms with E-state index in [9.17, 15) is 9.50 Å². The number of nitrogens with zero attached hydrogens (tertiary/aromatic N) is 5. The number of phenolic OH excluding ortho intramolecular Hbond substituents is 1. The molecule has 2 aromatic heterocycles. The standard InChI is InChI=1S/C40H45F2N5O4/c1-2-29-32(41)8-7-27-22-28(48)23-30(34(27)29)36-35(42)37-31(24-43-36)38(47-15-5-18-49-21-17-47)45-39(44-37)51-25-40-12-3-6-33(40)46(14-4-13-40)16-9-26-10-19-50-20-11-26/h1,7-8,22-24,26,33,48H,3-6,9-21,25H2/t33-,40-/m1/s1. The lowest BCUT2D eigenvalue weighted by Crippen LogP contribution is -2.52. The molecule has 9 nitrogen and oxygen atoms in total. The summed E-state index contributed by atoms with van der Waals surface area (Å²) in [5.41, 5.74) is 0.0876. The highest BCUT2D eigenvalue weighted by Gasteiger charge is 2.48. The Kier molecular flexibility index (Phi) is 9.66. The van der Waals surface area contributed by atoms with Crippen molar-refractivity contribution in [3.05, 3.63) is 47.7 Å². The van der Waals surface area contributed by atoms with Crippen LogP contribution in [0.25, 0.3) is 32.9 Å². The van der Waals surface area contributed by atoms with Gasteiger partial charge < -0.3 is 24.2 Å².